The smallest absolute Gasteiger partial charge is 0.342 e. The maximum absolute atomic E-state index is 14.7. The molecule has 31 heavy (non-hydrogen) atoms. The molecule has 0 aliphatic heterocycles. The highest BCUT2D eigenvalue weighted by molar-refractivity contribution is 6.07. The lowest BCUT2D eigenvalue weighted by molar-refractivity contribution is -0.139. The van der Waals surface area contributed by atoms with Gasteiger partial charge in [0, 0.05) is 18.4 Å². The van der Waals surface area contributed by atoms with Gasteiger partial charge in [0.2, 0.25) is 0 Å². The fourth-order valence-corrected chi connectivity index (χ4v) is 3.03. The summed E-state index contributed by atoms with van der Waals surface area (Å²) in [6.45, 7) is 8.81. The third-order valence-electron chi connectivity index (χ3n) is 4.35. The fourth-order valence-electron chi connectivity index (χ4n) is 3.03. The molecule has 1 aromatic carbocycles. The molecule has 0 fully saturated rings. The number of hydrogen-bond acceptors (Lipinski definition) is 5. The first-order valence-electron chi connectivity index (χ1n) is 10.1. The number of nitrogens with one attached hydrogen (secondary N) is 1. The van der Waals surface area contributed by atoms with Gasteiger partial charge in [-0.05, 0) is 44.7 Å². The Morgan fingerprint density at radius 3 is 2.26 bits per heavy atom. The van der Waals surface area contributed by atoms with Gasteiger partial charge in [-0.3, -0.25) is 4.79 Å². The number of carboxylic acids is 1. The topological polar surface area (TPSA) is 136 Å². The Morgan fingerprint density at radius 2 is 1.77 bits per heavy atom. The van der Waals surface area contributed by atoms with Crippen molar-refractivity contribution in [2.45, 2.75) is 71.9 Å². The van der Waals surface area contributed by atoms with Crippen LogP contribution in [0.1, 0.15) is 80.2 Å². The molecule has 9 heteroatoms. The molecule has 0 saturated heterocycles. The van der Waals surface area contributed by atoms with Crippen LogP contribution < -0.4 is 11.1 Å². The Labute approximate surface area is 181 Å². The molecule has 0 bridgehead atoms. The van der Waals surface area contributed by atoms with Crippen LogP contribution in [0.3, 0.4) is 0 Å². The number of carboxylic acid groups (broad SMARTS) is 1. The van der Waals surface area contributed by atoms with E-state index in [2.05, 4.69) is 5.32 Å². The van der Waals surface area contributed by atoms with Gasteiger partial charge in [0.05, 0.1) is 0 Å². The molecule has 0 aliphatic carbocycles. The first-order valence-corrected chi connectivity index (χ1v) is 10.1. The number of nitrogens with two attached hydrogens (primary N) is 1. The lowest BCUT2D eigenvalue weighted by atomic mass is 9.90. The van der Waals surface area contributed by atoms with Crippen molar-refractivity contribution >= 4 is 23.8 Å². The number of halogens is 1. The van der Waals surface area contributed by atoms with E-state index in [0.29, 0.717) is 12.3 Å². The summed E-state index contributed by atoms with van der Waals surface area (Å²) in [7, 11) is 0. The first kappa shape index (κ1) is 26.1. The number of ether oxygens (including phenoxy) is 1. The molecule has 0 radical (unpaired) electrons. The van der Waals surface area contributed by atoms with Crippen molar-refractivity contribution in [3.05, 3.63) is 34.6 Å². The summed E-state index contributed by atoms with van der Waals surface area (Å²) in [4.78, 5) is 48.4. The molecule has 2 amide bonds. The van der Waals surface area contributed by atoms with Gasteiger partial charge in [0.1, 0.15) is 23.0 Å². The third kappa shape index (κ3) is 8.35. The van der Waals surface area contributed by atoms with Gasteiger partial charge in [0.25, 0.3) is 0 Å². The van der Waals surface area contributed by atoms with Gasteiger partial charge in [-0.15, -0.1) is 0 Å². The average Bonchev–Trinajstić information content (AvgIpc) is 2.59. The molecule has 8 nitrogen and oxygen atoms in total. The molecular formula is C22H31FN2O6. The van der Waals surface area contributed by atoms with E-state index < -0.39 is 46.8 Å². The summed E-state index contributed by atoms with van der Waals surface area (Å²) in [5, 5.41) is 11.5. The lowest BCUT2D eigenvalue weighted by Gasteiger charge is -2.22. The number of esters is 1. The van der Waals surface area contributed by atoms with Gasteiger partial charge in [-0.1, -0.05) is 26.3 Å². The van der Waals surface area contributed by atoms with Crippen LogP contribution in [-0.2, 0) is 16.0 Å². The number of urea groups is 1. The second-order valence-electron chi connectivity index (χ2n) is 8.77. The highest BCUT2D eigenvalue weighted by Gasteiger charge is 2.30. The van der Waals surface area contributed by atoms with Crippen LogP contribution in [0.2, 0.25) is 0 Å². The maximum atomic E-state index is 14.7. The SMILES string of the molecule is CC(C)CCCC(=O)c1c(C[C@@H](NC(N)=O)C(=O)O)ccc(F)c1C(=O)OC(C)(C)C. The molecule has 0 heterocycles. The normalized spacial score (nSPS) is 12.4. The summed E-state index contributed by atoms with van der Waals surface area (Å²) in [5.41, 5.74) is 3.44. The number of ketones is 1. The Balaban J connectivity index is 3.49. The number of Topliss-reactive ketones (excluding diaryl/α,β-unsaturated/α-hetero) is 1. The average molecular weight is 438 g/mol. The van der Waals surface area contributed by atoms with Gasteiger partial charge >= 0.3 is 18.0 Å². The minimum Gasteiger partial charge on any atom is -0.480 e. The van der Waals surface area contributed by atoms with E-state index in [0.717, 1.165) is 12.5 Å². The Hall–Kier alpha value is -2.97. The van der Waals surface area contributed by atoms with E-state index in [1.807, 2.05) is 13.8 Å². The van der Waals surface area contributed by atoms with E-state index in [-0.39, 0.29) is 24.0 Å². The summed E-state index contributed by atoms with van der Waals surface area (Å²) >= 11 is 0. The van der Waals surface area contributed by atoms with Crippen molar-refractivity contribution in [2.24, 2.45) is 11.7 Å². The molecule has 1 atom stereocenters. The van der Waals surface area contributed by atoms with Crippen molar-refractivity contribution in [3.8, 4) is 0 Å². The molecule has 172 valence electrons. The van der Waals surface area contributed by atoms with Crippen molar-refractivity contribution < 1.29 is 33.4 Å². The molecule has 0 spiro atoms. The number of aliphatic carboxylic acids is 1. The quantitative estimate of drug-likeness (QED) is 0.378. The largest absolute Gasteiger partial charge is 0.480 e. The molecule has 0 unspecified atom stereocenters. The number of carbonyl (C=O) groups is 4. The number of hydrogen-bond donors (Lipinski definition) is 3. The summed E-state index contributed by atoms with van der Waals surface area (Å²) in [6, 6.07) is -0.316. The van der Waals surface area contributed by atoms with Crippen LogP contribution in [-0.4, -0.2) is 40.5 Å². The van der Waals surface area contributed by atoms with E-state index in [4.69, 9.17) is 10.5 Å². The second kappa shape index (κ2) is 10.9. The number of carbonyl (C=O) groups excluding carboxylic acids is 3. The van der Waals surface area contributed by atoms with E-state index in [9.17, 15) is 28.7 Å². The lowest BCUT2D eigenvalue weighted by Crippen LogP contribution is -2.45. The van der Waals surface area contributed by atoms with Crippen molar-refractivity contribution in [2.75, 3.05) is 0 Å². The highest BCUT2D eigenvalue weighted by atomic mass is 19.1. The van der Waals surface area contributed by atoms with Crippen LogP contribution in [0.5, 0.6) is 0 Å². The van der Waals surface area contributed by atoms with Crippen molar-refractivity contribution in [1.82, 2.24) is 5.32 Å². The van der Waals surface area contributed by atoms with E-state index in [1.54, 1.807) is 20.8 Å². The number of rotatable bonds is 10. The van der Waals surface area contributed by atoms with E-state index >= 15 is 0 Å². The minimum atomic E-state index is -1.46. The monoisotopic (exact) mass is 438 g/mol. The zero-order valence-electron chi connectivity index (χ0n) is 18.6. The molecule has 4 N–H and O–H groups in total. The number of primary amides is 1. The van der Waals surface area contributed by atoms with Crippen LogP contribution >= 0.6 is 0 Å². The van der Waals surface area contributed by atoms with Crippen molar-refractivity contribution in [1.29, 1.82) is 0 Å². The standard InChI is InChI=1S/C22H31FN2O6/c1-12(2)7-6-8-16(26)17-13(11-15(19(27)28)25-21(24)30)9-10-14(23)18(17)20(29)31-22(3,4)5/h9-10,12,15H,6-8,11H2,1-5H3,(H,27,28)(H3,24,25,30)/t15-/m1/s1. The van der Waals surface area contributed by atoms with E-state index in [1.165, 1.54) is 6.07 Å². The zero-order valence-corrected chi connectivity index (χ0v) is 18.6. The van der Waals surface area contributed by atoms with Gasteiger partial charge < -0.3 is 20.9 Å². The first-order chi connectivity index (χ1) is 14.2. The number of amides is 2. The third-order valence-corrected chi connectivity index (χ3v) is 4.35. The molecular weight excluding hydrogens is 407 g/mol. The summed E-state index contributed by atoms with van der Waals surface area (Å²) < 4.78 is 20.0. The fraction of sp³-hybridized carbons (Fsp3) is 0.545. The predicted octanol–water partition coefficient (Wildman–Crippen LogP) is 3.45. The predicted molar refractivity (Wildman–Crippen MR) is 112 cm³/mol. The van der Waals surface area contributed by atoms with Crippen molar-refractivity contribution in [3.63, 3.8) is 0 Å². The Bertz CT molecular complexity index is 845. The molecule has 1 aromatic rings. The van der Waals surface area contributed by atoms with Gasteiger partial charge in [0.15, 0.2) is 5.78 Å². The Kier molecular flexibility index (Phi) is 9.15. The molecule has 0 saturated carbocycles. The van der Waals surface area contributed by atoms with Crippen LogP contribution in [0.15, 0.2) is 12.1 Å². The maximum Gasteiger partial charge on any atom is 0.342 e. The van der Waals surface area contributed by atoms with Crippen LogP contribution in [0, 0.1) is 11.7 Å². The Morgan fingerprint density at radius 1 is 1.16 bits per heavy atom. The molecule has 0 aromatic heterocycles. The molecule has 0 aliphatic rings. The van der Waals surface area contributed by atoms with Crippen LogP contribution in [0.25, 0.3) is 0 Å². The summed E-state index contributed by atoms with van der Waals surface area (Å²) in [5.74, 6) is -3.51. The summed E-state index contributed by atoms with van der Waals surface area (Å²) in [6.07, 6.45) is 0.951. The minimum absolute atomic E-state index is 0.0470. The van der Waals surface area contributed by atoms with Gasteiger partial charge in [-0.2, -0.15) is 0 Å². The van der Waals surface area contributed by atoms with Gasteiger partial charge in [-0.25, -0.2) is 18.8 Å². The molecule has 1 rings (SSSR count). The second-order valence-corrected chi connectivity index (χ2v) is 8.77. The zero-order chi connectivity index (χ0) is 23.9. The van der Waals surface area contributed by atoms with Crippen LogP contribution in [0.4, 0.5) is 9.18 Å². The number of benzene rings is 1. The highest BCUT2D eigenvalue weighted by Crippen LogP contribution is 2.26.